The van der Waals surface area contributed by atoms with E-state index in [0.29, 0.717) is 18.3 Å². The van der Waals surface area contributed by atoms with Crippen LogP contribution in [0, 0.1) is 5.41 Å². The zero-order valence-corrected chi connectivity index (χ0v) is 16.0. The predicted octanol–water partition coefficient (Wildman–Crippen LogP) is 2.94. The van der Waals surface area contributed by atoms with Crippen LogP contribution in [0.25, 0.3) is 11.3 Å². The molecular weight excluding hydrogens is 328 g/mol. The molecule has 1 aromatic carbocycles. The predicted molar refractivity (Wildman–Crippen MR) is 102 cm³/mol. The molecule has 6 nitrogen and oxygen atoms in total. The standard InChI is InChI=1S/C20H28N4O2/c1-20(2)10-5-11-24(3)18(20)13-21-19(25)17-12-16(22-23-17)14-6-8-15(26-4)9-7-14/h6-9,12,18H,5,10-11,13H2,1-4H3,(H,21,25)(H,22,23). The Morgan fingerprint density at radius 3 is 2.77 bits per heavy atom. The van der Waals surface area contributed by atoms with E-state index in [9.17, 15) is 4.79 Å². The van der Waals surface area contributed by atoms with E-state index >= 15 is 0 Å². The number of aromatic nitrogens is 2. The molecule has 1 saturated heterocycles. The van der Waals surface area contributed by atoms with Gasteiger partial charge in [-0.1, -0.05) is 13.8 Å². The summed E-state index contributed by atoms with van der Waals surface area (Å²) >= 11 is 0. The van der Waals surface area contributed by atoms with E-state index in [1.165, 1.54) is 12.8 Å². The average molecular weight is 356 g/mol. The van der Waals surface area contributed by atoms with Crippen molar-refractivity contribution in [3.8, 4) is 17.0 Å². The highest BCUT2D eigenvalue weighted by molar-refractivity contribution is 5.93. The van der Waals surface area contributed by atoms with Crippen molar-refractivity contribution in [3.05, 3.63) is 36.0 Å². The van der Waals surface area contributed by atoms with Crippen molar-refractivity contribution < 1.29 is 9.53 Å². The minimum Gasteiger partial charge on any atom is -0.497 e. The lowest BCUT2D eigenvalue weighted by Crippen LogP contribution is -2.53. The first-order valence-electron chi connectivity index (χ1n) is 9.09. The van der Waals surface area contributed by atoms with Gasteiger partial charge in [0.15, 0.2) is 0 Å². The molecule has 0 radical (unpaired) electrons. The minimum absolute atomic E-state index is 0.118. The molecule has 1 aromatic heterocycles. The third-order valence-corrected chi connectivity index (χ3v) is 5.43. The maximum atomic E-state index is 12.5. The maximum Gasteiger partial charge on any atom is 0.269 e. The first-order chi connectivity index (χ1) is 12.4. The quantitative estimate of drug-likeness (QED) is 0.864. The van der Waals surface area contributed by atoms with Gasteiger partial charge in [0.05, 0.1) is 12.8 Å². The van der Waals surface area contributed by atoms with Crippen molar-refractivity contribution >= 4 is 5.91 Å². The van der Waals surface area contributed by atoms with Crippen LogP contribution in [-0.2, 0) is 0 Å². The number of likely N-dealkylation sites (tertiary alicyclic amines) is 1. The van der Waals surface area contributed by atoms with Gasteiger partial charge in [0, 0.05) is 18.2 Å². The molecule has 0 bridgehead atoms. The molecule has 1 aliphatic rings. The highest BCUT2D eigenvalue weighted by atomic mass is 16.5. The van der Waals surface area contributed by atoms with Gasteiger partial charge in [0.25, 0.3) is 5.91 Å². The number of piperidine rings is 1. The van der Waals surface area contributed by atoms with Crippen LogP contribution in [0.1, 0.15) is 37.2 Å². The van der Waals surface area contributed by atoms with Crippen LogP contribution in [0.5, 0.6) is 5.75 Å². The normalized spacial score (nSPS) is 19.9. The Hall–Kier alpha value is -2.34. The number of H-pyrrole nitrogens is 1. The van der Waals surface area contributed by atoms with Crippen LogP contribution in [0.2, 0.25) is 0 Å². The molecule has 1 aliphatic heterocycles. The Morgan fingerprint density at radius 2 is 2.12 bits per heavy atom. The van der Waals surface area contributed by atoms with Gasteiger partial charge in [-0.3, -0.25) is 9.89 Å². The van der Waals surface area contributed by atoms with Crippen LogP contribution in [0.15, 0.2) is 30.3 Å². The molecule has 1 unspecified atom stereocenters. The molecule has 0 spiro atoms. The number of carbonyl (C=O) groups is 1. The molecule has 2 heterocycles. The summed E-state index contributed by atoms with van der Waals surface area (Å²) in [6.07, 6.45) is 2.39. The molecular formula is C20H28N4O2. The monoisotopic (exact) mass is 356 g/mol. The summed E-state index contributed by atoms with van der Waals surface area (Å²) in [6.45, 7) is 6.27. The zero-order valence-electron chi connectivity index (χ0n) is 16.0. The third kappa shape index (κ3) is 3.90. The van der Waals surface area contributed by atoms with E-state index in [1.54, 1.807) is 13.2 Å². The smallest absolute Gasteiger partial charge is 0.269 e. The average Bonchev–Trinajstić information content (AvgIpc) is 3.11. The minimum atomic E-state index is -0.118. The number of nitrogens with zero attached hydrogens (tertiary/aromatic N) is 2. The van der Waals surface area contributed by atoms with Gasteiger partial charge >= 0.3 is 0 Å². The number of rotatable bonds is 5. The Morgan fingerprint density at radius 1 is 1.38 bits per heavy atom. The van der Waals surface area contributed by atoms with Gasteiger partial charge in [-0.25, -0.2) is 0 Å². The topological polar surface area (TPSA) is 70.2 Å². The second-order valence-electron chi connectivity index (χ2n) is 7.69. The summed E-state index contributed by atoms with van der Waals surface area (Å²) in [5, 5.41) is 10.2. The SMILES string of the molecule is COc1ccc(-c2cc(C(=O)NCC3N(C)CCCC3(C)C)[nH]n2)cc1. The first-order valence-corrected chi connectivity index (χ1v) is 9.09. The molecule has 3 rings (SSSR count). The lowest BCUT2D eigenvalue weighted by molar-refractivity contribution is 0.0555. The molecule has 0 aliphatic carbocycles. The van der Waals surface area contributed by atoms with E-state index in [0.717, 1.165) is 23.6 Å². The van der Waals surface area contributed by atoms with Crippen LogP contribution in [-0.4, -0.2) is 54.3 Å². The Kier molecular flexibility index (Phi) is 5.32. The molecule has 1 amide bonds. The van der Waals surface area contributed by atoms with E-state index in [4.69, 9.17) is 4.74 Å². The number of benzene rings is 1. The Bertz CT molecular complexity index is 751. The van der Waals surface area contributed by atoms with E-state index in [1.807, 2.05) is 24.3 Å². The number of hydrogen-bond donors (Lipinski definition) is 2. The van der Waals surface area contributed by atoms with Gasteiger partial charge < -0.3 is 15.0 Å². The van der Waals surface area contributed by atoms with E-state index in [2.05, 4.69) is 41.3 Å². The molecule has 1 atom stereocenters. The Labute approximate surface area is 154 Å². The summed E-state index contributed by atoms with van der Waals surface area (Å²) in [7, 11) is 3.77. The number of carbonyl (C=O) groups excluding carboxylic acids is 1. The van der Waals surface area contributed by atoms with Gasteiger partial charge in [-0.2, -0.15) is 5.10 Å². The number of ether oxygens (including phenoxy) is 1. The van der Waals surface area contributed by atoms with Crippen LogP contribution >= 0.6 is 0 Å². The van der Waals surface area contributed by atoms with Crippen LogP contribution < -0.4 is 10.1 Å². The Balaban J connectivity index is 1.64. The van der Waals surface area contributed by atoms with Crippen LogP contribution in [0.3, 0.4) is 0 Å². The van der Waals surface area contributed by atoms with Gasteiger partial charge in [-0.05, 0) is 62.2 Å². The van der Waals surface area contributed by atoms with Crippen molar-refractivity contribution in [2.45, 2.75) is 32.7 Å². The second-order valence-corrected chi connectivity index (χ2v) is 7.69. The van der Waals surface area contributed by atoms with E-state index in [-0.39, 0.29) is 11.3 Å². The molecule has 26 heavy (non-hydrogen) atoms. The highest BCUT2D eigenvalue weighted by Gasteiger charge is 2.35. The largest absolute Gasteiger partial charge is 0.497 e. The van der Waals surface area contributed by atoms with Gasteiger partial charge in [0.2, 0.25) is 0 Å². The zero-order chi connectivity index (χ0) is 18.7. The fourth-order valence-electron chi connectivity index (χ4n) is 3.77. The number of amides is 1. The number of likely N-dealkylation sites (N-methyl/N-ethyl adjacent to an activating group) is 1. The van der Waals surface area contributed by atoms with Gasteiger partial charge in [0.1, 0.15) is 11.4 Å². The molecule has 2 N–H and O–H groups in total. The van der Waals surface area contributed by atoms with E-state index < -0.39 is 0 Å². The van der Waals surface area contributed by atoms with Crippen molar-refractivity contribution in [1.29, 1.82) is 0 Å². The number of aromatic amines is 1. The van der Waals surface area contributed by atoms with Crippen molar-refractivity contribution in [2.24, 2.45) is 5.41 Å². The van der Waals surface area contributed by atoms with Crippen LogP contribution in [0.4, 0.5) is 0 Å². The molecule has 140 valence electrons. The summed E-state index contributed by atoms with van der Waals surface area (Å²) in [6, 6.07) is 9.73. The lowest BCUT2D eigenvalue weighted by Gasteiger charge is -2.45. The molecule has 2 aromatic rings. The molecule has 0 saturated carbocycles. The molecule has 1 fully saturated rings. The number of nitrogens with one attached hydrogen (secondary N) is 2. The first kappa shape index (κ1) is 18.5. The van der Waals surface area contributed by atoms with Crippen molar-refractivity contribution in [2.75, 3.05) is 27.2 Å². The number of methoxy groups -OCH3 is 1. The fourth-order valence-corrected chi connectivity index (χ4v) is 3.77. The highest BCUT2D eigenvalue weighted by Crippen LogP contribution is 2.33. The third-order valence-electron chi connectivity index (χ3n) is 5.43. The summed E-state index contributed by atoms with van der Waals surface area (Å²) in [5.74, 6) is 0.675. The summed E-state index contributed by atoms with van der Waals surface area (Å²) < 4.78 is 5.17. The van der Waals surface area contributed by atoms with Crippen molar-refractivity contribution in [3.63, 3.8) is 0 Å². The second kappa shape index (κ2) is 7.50. The summed E-state index contributed by atoms with van der Waals surface area (Å²) in [5.41, 5.74) is 2.36. The lowest BCUT2D eigenvalue weighted by atomic mass is 9.76. The summed E-state index contributed by atoms with van der Waals surface area (Å²) in [4.78, 5) is 14.9. The molecule has 6 heteroatoms. The maximum absolute atomic E-state index is 12.5. The number of hydrogen-bond acceptors (Lipinski definition) is 4. The fraction of sp³-hybridized carbons (Fsp3) is 0.500. The van der Waals surface area contributed by atoms with Crippen molar-refractivity contribution in [1.82, 2.24) is 20.4 Å². The van der Waals surface area contributed by atoms with Gasteiger partial charge in [-0.15, -0.1) is 0 Å².